The summed E-state index contributed by atoms with van der Waals surface area (Å²) < 4.78 is 5.37. The molecule has 0 spiro atoms. The van der Waals surface area contributed by atoms with Crippen molar-refractivity contribution in [1.82, 2.24) is 15.2 Å². The molecule has 0 aliphatic rings. The van der Waals surface area contributed by atoms with Crippen LogP contribution >= 0.6 is 0 Å². The molecule has 0 aliphatic carbocycles. The van der Waals surface area contributed by atoms with Crippen molar-refractivity contribution >= 4 is 17.5 Å². The first-order valence-electron chi connectivity index (χ1n) is 8.64. The van der Waals surface area contributed by atoms with Gasteiger partial charge in [-0.25, -0.2) is 0 Å². The Morgan fingerprint density at radius 2 is 1.92 bits per heavy atom. The maximum absolute atomic E-state index is 5.37. The van der Waals surface area contributed by atoms with E-state index < -0.39 is 0 Å². The highest BCUT2D eigenvalue weighted by Gasteiger charge is 2.06. The van der Waals surface area contributed by atoms with Crippen LogP contribution in [0.25, 0.3) is 0 Å². The number of nitrogens with zero attached hydrogens (tertiary/aromatic N) is 3. The summed E-state index contributed by atoms with van der Waals surface area (Å²) >= 11 is 0. The molecule has 2 N–H and O–H groups in total. The number of aromatic nitrogens is 3. The average molecular weight is 349 g/mol. The summed E-state index contributed by atoms with van der Waals surface area (Å²) in [5.74, 6) is 1.87. The zero-order valence-corrected chi connectivity index (χ0v) is 15.1. The van der Waals surface area contributed by atoms with Crippen LogP contribution in [0.2, 0.25) is 0 Å². The largest absolute Gasteiger partial charge is 0.495 e. The predicted octanol–water partition coefficient (Wildman–Crippen LogP) is 3.98. The highest BCUT2D eigenvalue weighted by molar-refractivity contribution is 5.63. The Kier molecular flexibility index (Phi) is 5.98. The fraction of sp³-hybridized carbons (Fsp3) is 0.250. The molecule has 0 atom stereocenters. The molecule has 0 aliphatic heterocycles. The number of ether oxygens (including phenoxy) is 1. The second kappa shape index (κ2) is 8.80. The number of benzene rings is 2. The summed E-state index contributed by atoms with van der Waals surface area (Å²) in [6, 6.07) is 16.3. The van der Waals surface area contributed by atoms with Crippen molar-refractivity contribution in [3.8, 4) is 5.75 Å². The van der Waals surface area contributed by atoms with Crippen LogP contribution in [-0.4, -0.2) is 28.8 Å². The number of hydrogen-bond acceptors (Lipinski definition) is 6. The van der Waals surface area contributed by atoms with Gasteiger partial charge in [-0.1, -0.05) is 36.4 Å². The van der Waals surface area contributed by atoms with E-state index in [1.807, 2.05) is 31.2 Å². The zero-order valence-electron chi connectivity index (χ0n) is 15.1. The first kappa shape index (κ1) is 17.7. The van der Waals surface area contributed by atoms with Crippen LogP contribution < -0.4 is 15.4 Å². The molecule has 2 aromatic carbocycles. The summed E-state index contributed by atoms with van der Waals surface area (Å²) in [5, 5.41) is 14.5. The average Bonchev–Trinajstić information content (AvgIpc) is 2.67. The molecule has 0 unspecified atom stereocenters. The molecule has 0 saturated heterocycles. The minimum Gasteiger partial charge on any atom is -0.495 e. The Hall–Kier alpha value is -3.15. The van der Waals surface area contributed by atoms with Gasteiger partial charge in [-0.05, 0) is 43.0 Å². The second-order valence-electron chi connectivity index (χ2n) is 6.01. The van der Waals surface area contributed by atoms with Crippen molar-refractivity contribution in [2.45, 2.75) is 19.8 Å². The Bertz CT molecular complexity index is 839. The van der Waals surface area contributed by atoms with Crippen LogP contribution in [0.3, 0.4) is 0 Å². The van der Waals surface area contributed by atoms with Gasteiger partial charge in [-0.15, -0.1) is 5.10 Å². The first-order chi connectivity index (χ1) is 12.7. The standard InChI is InChI=1S/C20H23N5O/c1-15-10-11-18(26-2)17(13-15)23-20-24-19(14-22-25-20)21-12-6-9-16-7-4-3-5-8-16/h3-5,7-8,10-11,13-14H,6,9,12H2,1-2H3,(H2,21,23,24,25). The van der Waals surface area contributed by atoms with Gasteiger partial charge in [-0.3, -0.25) is 0 Å². The lowest BCUT2D eigenvalue weighted by molar-refractivity contribution is 0.416. The summed E-state index contributed by atoms with van der Waals surface area (Å²) in [6.07, 6.45) is 3.67. The van der Waals surface area contributed by atoms with Gasteiger partial charge in [0.15, 0.2) is 5.82 Å². The van der Waals surface area contributed by atoms with Crippen molar-refractivity contribution < 1.29 is 4.74 Å². The van der Waals surface area contributed by atoms with E-state index in [0.29, 0.717) is 11.8 Å². The fourth-order valence-electron chi connectivity index (χ4n) is 2.64. The zero-order chi connectivity index (χ0) is 18.2. The van der Waals surface area contributed by atoms with Gasteiger partial charge in [0.25, 0.3) is 0 Å². The van der Waals surface area contributed by atoms with Crippen molar-refractivity contribution in [2.24, 2.45) is 0 Å². The Labute approximate surface area is 153 Å². The molecule has 6 heteroatoms. The Morgan fingerprint density at radius 3 is 2.73 bits per heavy atom. The van der Waals surface area contributed by atoms with Gasteiger partial charge < -0.3 is 15.4 Å². The van der Waals surface area contributed by atoms with E-state index in [-0.39, 0.29) is 0 Å². The van der Waals surface area contributed by atoms with Crippen molar-refractivity contribution in [1.29, 1.82) is 0 Å². The van der Waals surface area contributed by atoms with Crippen molar-refractivity contribution in [2.75, 3.05) is 24.3 Å². The lowest BCUT2D eigenvalue weighted by Gasteiger charge is -2.11. The van der Waals surface area contributed by atoms with Crippen LogP contribution in [0.5, 0.6) is 5.75 Å². The summed E-state index contributed by atoms with van der Waals surface area (Å²) in [4.78, 5) is 4.47. The minimum atomic E-state index is 0.432. The third kappa shape index (κ3) is 4.92. The maximum Gasteiger partial charge on any atom is 0.249 e. The monoisotopic (exact) mass is 349 g/mol. The second-order valence-corrected chi connectivity index (χ2v) is 6.01. The number of aryl methyl sites for hydroxylation is 2. The molecule has 3 aromatic rings. The molecule has 3 rings (SSSR count). The molecular weight excluding hydrogens is 326 g/mol. The number of hydrogen-bond donors (Lipinski definition) is 2. The van der Waals surface area contributed by atoms with Gasteiger partial charge in [0, 0.05) is 6.54 Å². The van der Waals surface area contributed by atoms with E-state index in [2.05, 4.69) is 50.1 Å². The van der Waals surface area contributed by atoms with Crippen LogP contribution in [0.15, 0.2) is 54.7 Å². The molecule has 1 heterocycles. The molecule has 6 nitrogen and oxygen atoms in total. The van der Waals surface area contributed by atoms with Gasteiger partial charge in [0.1, 0.15) is 5.75 Å². The molecule has 0 saturated carbocycles. The third-order valence-corrected chi connectivity index (χ3v) is 3.95. The van der Waals surface area contributed by atoms with Crippen molar-refractivity contribution in [3.63, 3.8) is 0 Å². The molecular formula is C20H23N5O. The van der Waals surface area contributed by atoms with E-state index in [4.69, 9.17) is 4.74 Å². The lowest BCUT2D eigenvalue weighted by Crippen LogP contribution is -2.08. The molecule has 1 aromatic heterocycles. The lowest BCUT2D eigenvalue weighted by atomic mass is 10.1. The Morgan fingerprint density at radius 1 is 1.08 bits per heavy atom. The number of rotatable bonds is 8. The molecule has 26 heavy (non-hydrogen) atoms. The molecule has 0 amide bonds. The summed E-state index contributed by atoms with van der Waals surface area (Å²) in [7, 11) is 1.64. The Balaban J connectivity index is 1.57. The van der Waals surface area contributed by atoms with Gasteiger partial charge in [-0.2, -0.15) is 10.1 Å². The highest BCUT2D eigenvalue weighted by atomic mass is 16.5. The van der Waals surface area contributed by atoms with Gasteiger partial charge in [0.05, 0.1) is 19.0 Å². The maximum atomic E-state index is 5.37. The minimum absolute atomic E-state index is 0.432. The molecule has 0 bridgehead atoms. The molecule has 0 radical (unpaired) electrons. The predicted molar refractivity (Wildman–Crippen MR) is 104 cm³/mol. The van der Waals surface area contributed by atoms with Crippen LogP contribution in [0, 0.1) is 6.92 Å². The van der Waals surface area contributed by atoms with Crippen LogP contribution in [0.4, 0.5) is 17.5 Å². The van der Waals surface area contributed by atoms with E-state index >= 15 is 0 Å². The van der Waals surface area contributed by atoms with E-state index in [0.717, 1.165) is 36.4 Å². The molecule has 134 valence electrons. The van der Waals surface area contributed by atoms with Crippen LogP contribution in [0.1, 0.15) is 17.5 Å². The highest BCUT2D eigenvalue weighted by Crippen LogP contribution is 2.27. The first-order valence-corrected chi connectivity index (χ1v) is 8.64. The van der Waals surface area contributed by atoms with E-state index in [1.54, 1.807) is 13.3 Å². The summed E-state index contributed by atoms with van der Waals surface area (Å²) in [6.45, 7) is 2.84. The number of anilines is 3. The quantitative estimate of drug-likeness (QED) is 0.600. The summed E-state index contributed by atoms with van der Waals surface area (Å²) in [5.41, 5.74) is 3.27. The third-order valence-electron chi connectivity index (χ3n) is 3.95. The number of methoxy groups -OCH3 is 1. The van der Waals surface area contributed by atoms with Crippen LogP contribution in [-0.2, 0) is 6.42 Å². The van der Waals surface area contributed by atoms with E-state index in [9.17, 15) is 0 Å². The number of nitrogens with one attached hydrogen (secondary N) is 2. The van der Waals surface area contributed by atoms with Gasteiger partial charge >= 0.3 is 0 Å². The smallest absolute Gasteiger partial charge is 0.249 e. The van der Waals surface area contributed by atoms with E-state index in [1.165, 1.54) is 5.56 Å². The fourth-order valence-corrected chi connectivity index (χ4v) is 2.64. The van der Waals surface area contributed by atoms with Crippen molar-refractivity contribution in [3.05, 3.63) is 65.9 Å². The topological polar surface area (TPSA) is 72.0 Å². The normalized spacial score (nSPS) is 10.4. The SMILES string of the molecule is COc1ccc(C)cc1Nc1nncc(NCCCc2ccccc2)n1. The van der Waals surface area contributed by atoms with Gasteiger partial charge in [0.2, 0.25) is 5.95 Å². The molecule has 0 fully saturated rings.